The van der Waals surface area contributed by atoms with Gasteiger partial charge in [0.15, 0.2) is 0 Å². The molecule has 0 aliphatic heterocycles. The van der Waals surface area contributed by atoms with Crippen molar-refractivity contribution in [3.8, 4) is 5.75 Å². The number of phenolic OH excluding ortho intramolecular Hbond substituents is 1. The summed E-state index contributed by atoms with van der Waals surface area (Å²) in [6.07, 6.45) is 0. The van der Waals surface area contributed by atoms with Gasteiger partial charge in [0.25, 0.3) is 0 Å². The van der Waals surface area contributed by atoms with E-state index in [4.69, 9.17) is 11.6 Å². The molecule has 0 bridgehead atoms. The molecule has 3 nitrogen and oxygen atoms in total. The van der Waals surface area contributed by atoms with E-state index >= 15 is 0 Å². The molecule has 0 fully saturated rings. The molecule has 1 aromatic heterocycles. The molecule has 96 valence electrons. The second kappa shape index (κ2) is 5.07. The Morgan fingerprint density at radius 1 is 1.21 bits per heavy atom. The van der Waals surface area contributed by atoms with Crippen LogP contribution in [0.15, 0.2) is 41.9 Å². The Kier molecular flexibility index (Phi) is 3.27. The fraction of sp³-hybridized carbons (Fsp3) is 0.0714. The number of benzene rings is 2. The van der Waals surface area contributed by atoms with Crippen LogP contribution in [0.3, 0.4) is 0 Å². The van der Waals surface area contributed by atoms with Crippen LogP contribution in [0.2, 0.25) is 5.02 Å². The van der Waals surface area contributed by atoms with Gasteiger partial charge < -0.3 is 10.4 Å². The molecule has 2 aromatic carbocycles. The van der Waals surface area contributed by atoms with Gasteiger partial charge in [0.2, 0.25) is 0 Å². The summed E-state index contributed by atoms with van der Waals surface area (Å²) in [6.45, 7) is 0.525. The third kappa shape index (κ3) is 2.64. The first-order valence-electron chi connectivity index (χ1n) is 5.77. The lowest BCUT2D eigenvalue weighted by Crippen LogP contribution is -1.99. The van der Waals surface area contributed by atoms with E-state index in [2.05, 4.69) is 16.4 Å². The van der Waals surface area contributed by atoms with Gasteiger partial charge in [-0.15, -0.1) is 11.3 Å². The minimum Gasteiger partial charge on any atom is -0.508 e. The van der Waals surface area contributed by atoms with Gasteiger partial charge >= 0.3 is 0 Å². The number of hydrogen-bond acceptors (Lipinski definition) is 4. The fourth-order valence-corrected chi connectivity index (χ4v) is 2.77. The van der Waals surface area contributed by atoms with Gasteiger partial charge in [0.1, 0.15) is 5.75 Å². The number of nitrogens with zero attached hydrogens (tertiary/aromatic N) is 1. The number of phenols is 1. The Balaban J connectivity index is 1.79. The topological polar surface area (TPSA) is 45.1 Å². The third-order valence-corrected chi connectivity index (χ3v) is 3.88. The number of aromatic nitrogens is 1. The van der Waals surface area contributed by atoms with E-state index in [1.54, 1.807) is 29.5 Å². The van der Waals surface area contributed by atoms with Crippen LogP contribution in [-0.4, -0.2) is 10.1 Å². The number of hydrogen-bond donors (Lipinski definition) is 2. The maximum Gasteiger partial charge on any atom is 0.120 e. The summed E-state index contributed by atoms with van der Waals surface area (Å²) in [5, 5.41) is 13.6. The minimum absolute atomic E-state index is 0.246. The smallest absolute Gasteiger partial charge is 0.120 e. The van der Waals surface area contributed by atoms with Gasteiger partial charge in [-0.2, -0.15) is 0 Å². The predicted molar refractivity (Wildman–Crippen MR) is 80.1 cm³/mol. The van der Waals surface area contributed by atoms with Crippen molar-refractivity contribution in [3.05, 3.63) is 52.5 Å². The molecule has 2 N–H and O–H groups in total. The summed E-state index contributed by atoms with van der Waals surface area (Å²) in [4.78, 5) is 4.24. The van der Waals surface area contributed by atoms with Crippen LogP contribution in [0, 0.1) is 0 Å². The van der Waals surface area contributed by atoms with E-state index in [0.717, 1.165) is 21.5 Å². The zero-order valence-electron chi connectivity index (χ0n) is 9.93. The number of rotatable bonds is 3. The number of halogens is 1. The lowest BCUT2D eigenvalue weighted by molar-refractivity contribution is 0.469. The van der Waals surface area contributed by atoms with Crippen molar-refractivity contribution in [1.29, 1.82) is 0 Å². The predicted octanol–water partition coefficient (Wildman–Crippen LogP) is 4.27. The number of thiazole rings is 1. The van der Waals surface area contributed by atoms with E-state index in [9.17, 15) is 5.11 Å². The Hall–Kier alpha value is -1.78. The molecule has 0 saturated heterocycles. The van der Waals surface area contributed by atoms with Crippen LogP contribution in [-0.2, 0) is 6.54 Å². The summed E-state index contributed by atoms with van der Waals surface area (Å²) < 4.78 is 1.14. The lowest BCUT2D eigenvalue weighted by Gasteiger charge is -2.08. The second-order valence-corrected chi connectivity index (χ2v) is 5.48. The Morgan fingerprint density at radius 2 is 2.11 bits per heavy atom. The third-order valence-electron chi connectivity index (χ3n) is 2.86. The van der Waals surface area contributed by atoms with Crippen LogP contribution in [0.4, 0.5) is 5.69 Å². The Labute approximate surface area is 119 Å². The first kappa shape index (κ1) is 12.3. The van der Waals surface area contributed by atoms with Crippen molar-refractivity contribution in [3.63, 3.8) is 0 Å². The molecule has 3 aromatic rings. The summed E-state index contributed by atoms with van der Waals surface area (Å²) in [5.41, 5.74) is 4.60. The summed E-state index contributed by atoms with van der Waals surface area (Å²) in [7, 11) is 0. The summed E-state index contributed by atoms with van der Waals surface area (Å²) in [6, 6.07) is 11.0. The quantitative estimate of drug-likeness (QED) is 0.757. The minimum atomic E-state index is 0.246. The van der Waals surface area contributed by atoms with E-state index in [-0.39, 0.29) is 5.75 Å². The van der Waals surface area contributed by atoms with Gasteiger partial charge in [0.05, 0.1) is 15.7 Å². The molecule has 0 atom stereocenters. The lowest BCUT2D eigenvalue weighted by atomic mass is 10.2. The Morgan fingerprint density at radius 3 is 3.00 bits per heavy atom. The molecule has 0 aliphatic rings. The molecular weight excluding hydrogens is 280 g/mol. The van der Waals surface area contributed by atoms with Crippen LogP contribution in [0.1, 0.15) is 5.56 Å². The van der Waals surface area contributed by atoms with Crippen molar-refractivity contribution < 1.29 is 5.11 Å². The van der Waals surface area contributed by atoms with Crippen LogP contribution < -0.4 is 5.32 Å². The van der Waals surface area contributed by atoms with E-state index in [0.29, 0.717) is 11.6 Å². The average Bonchev–Trinajstić information content (AvgIpc) is 2.87. The maximum absolute atomic E-state index is 9.75. The normalized spacial score (nSPS) is 10.8. The van der Waals surface area contributed by atoms with Gasteiger partial charge in [-0.25, -0.2) is 4.98 Å². The summed E-state index contributed by atoms with van der Waals surface area (Å²) in [5.74, 6) is 0.246. The molecule has 0 amide bonds. The molecule has 3 rings (SSSR count). The van der Waals surface area contributed by atoms with Crippen molar-refractivity contribution >= 4 is 38.8 Å². The molecule has 0 saturated carbocycles. The highest BCUT2D eigenvalue weighted by molar-refractivity contribution is 7.16. The number of fused-ring (bicyclic) bond motifs is 1. The number of nitrogens with one attached hydrogen (secondary N) is 1. The van der Waals surface area contributed by atoms with Gasteiger partial charge in [-0.1, -0.05) is 11.6 Å². The highest BCUT2D eigenvalue weighted by Crippen LogP contribution is 2.25. The van der Waals surface area contributed by atoms with E-state index < -0.39 is 0 Å². The first-order chi connectivity index (χ1) is 9.22. The molecule has 1 heterocycles. The fourth-order valence-electron chi connectivity index (χ4n) is 1.86. The zero-order valence-corrected chi connectivity index (χ0v) is 11.5. The highest BCUT2D eigenvalue weighted by Gasteiger charge is 2.03. The van der Waals surface area contributed by atoms with Crippen LogP contribution in [0.5, 0.6) is 5.75 Å². The second-order valence-electron chi connectivity index (χ2n) is 4.16. The Bertz CT molecular complexity index is 726. The molecule has 0 aliphatic carbocycles. The van der Waals surface area contributed by atoms with Gasteiger partial charge in [-0.05, 0) is 36.4 Å². The van der Waals surface area contributed by atoms with E-state index in [1.807, 2.05) is 17.6 Å². The molecule has 0 unspecified atom stereocenters. The van der Waals surface area contributed by atoms with Gasteiger partial charge in [0, 0.05) is 22.8 Å². The summed E-state index contributed by atoms with van der Waals surface area (Å²) >= 11 is 7.52. The number of anilines is 1. The maximum atomic E-state index is 9.75. The van der Waals surface area contributed by atoms with Crippen molar-refractivity contribution in [2.45, 2.75) is 6.54 Å². The molecule has 0 radical (unpaired) electrons. The number of aromatic hydroxyl groups is 1. The molecule has 19 heavy (non-hydrogen) atoms. The monoisotopic (exact) mass is 290 g/mol. The zero-order chi connectivity index (χ0) is 13.2. The first-order valence-corrected chi connectivity index (χ1v) is 7.03. The molecule has 0 spiro atoms. The standard InChI is InChI=1S/C14H11ClN2OS/c15-10-1-4-13(18)9(5-10)7-16-11-2-3-12-14(6-11)19-8-17-12/h1-6,8,16,18H,7H2. The van der Waals surface area contributed by atoms with E-state index in [1.165, 1.54) is 0 Å². The highest BCUT2D eigenvalue weighted by atomic mass is 35.5. The van der Waals surface area contributed by atoms with Crippen LogP contribution >= 0.6 is 22.9 Å². The van der Waals surface area contributed by atoms with Crippen molar-refractivity contribution in [1.82, 2.24) is 4.98 Å². The van der Waals surface area contributed by atoms with Crippen molar-refractivity contribution in [2.24, 2.45) is 0 Å². The SMILES string of the molecule is Oc1ccc(Cl)cc1CNc1ccc2ncsc2c1. The van der Waals surface area contributed by atoms with Gasteiger partial charge in [-0.3, -0.25) is 0 Å². The van der Waals surface area contributed by atoms with Crippen LogP contribution in [0.25, 0.3) is 10.2 Å². The van der Waals surface area contributed by atoms with Crippen molar-refractivity contribution in [2.75, 3.05) is 5.32 Å². The average molecular weight is 291 g/mol. The largest absolute Gasteiger partial charge is 0.508 e. The molecular formula is C14H11ClN2OS. The molecule has 5 heteroatoms.